The number of aromatic hydroxyl groups is 1. The second kappa shape index (κ2) is 7.46. The highest BCUT2D eigenvalue weighted by Crippen LogP contribution is 2.34. The van der Waals surface area contributed by atoms with Crippen LogP contribution in [-0.4, -0.2) is 24.1 Å². The summed E-state index contributed by atoms with van der Waals surface area (Å²) in [4.78, 5) is 4.95. The summed E-state index contributed by atoms with van der Waals surface area (Å²) in [6, 6.07) is 20.6. The largest absolute Gasteiger partial charge is 0.493 e. The van der Waals surface area contributed by atoms with Gasteiger partial charge in [-0.1, -0.05) is 30.3 Å². The summed E-state index contributed by atoms with van der Waals surface area (Å²) < 4.78 is 22.5. The molecule has 2 N–H and O–H groups in total. The minimum atomic E-state index is -3.18. The van der Waals surface area contributed by atoms with Gasteiger partial charge in [0, 0.05) is 6.20 Å². The first-order valence-corrected chi connectivity index (χ1v) is 10.6. The van der Waals surface area contributed by atoms with Gasteiger partial charge in [0.25, 0.3) is 0 Å². The van der Waals surface area contributed by atoms with Gasteiger partial charge in [-0.25, -0.2) is 14.0 Å². The van der Waals surface area contributed by atoms with Gasteiger partial charge in [0.1, 0.15) is 9.73 Å². The Labute approximate surface area is 173 Å². The van der Waals surface area contributed by atoms with Crippen molar-refractivity contribution in [1.29, 1.82) is 10.0 Å². The van der Waals surface area contributed by atoms with Gasteiger partial charge in [-0.3, -0.25) is 0 Å². The van der Waals surface area contributed by atoms with Crippen molar-refractivity contribution >= 4 is 9.73 Å². The lowest BCUT2D eigenvalue weighted by Gasteiger charge is -2.09. The molecule has 0 aliphatic heterocycles. The number of hydrogen-bond donors (Lipinski definition) is 2. The molecule has 0 aliphatic rings. The van der Waals surface area contributed by atoms with Crippen molar-refractivity contribution in [3.63, 3.8) is 0 Å². The Kier molecular flexibility index (Phi) is 4.82. The molecule has 0 fully saturated rings. The zero-order valence-corrected chi connectivity index (χ0v) is 16.8. The van der Waals surface area contributed by atoms with E-state index in [1.165, 1.54) is 10.9 Å². The van der Waals surface area contributed by atoms with Crippen LogP contribution in [0.1, 0.15) is 11.3 Å². The normalized spacial score (nSPS) is 12.8. The second-order valence-electron chi connectivity index (χ2n) is 6.61. The minimum Gasteiger partial charge on any atom is -0.493 e. The Morgan fingerprint density at radius 1 is 1.03 bits per heavy atom. The van der Waals surface area contributed by atoms with Gasteiger partial charge in [-0.15, -0.1) is 0 Å². The van der Waals surface area contributed by atoms with Gasteiger partial charge in [0.2, 0.25) is 5.88 Å². The molecule has 1 unspecified atom stereocenters. The third-order valence-electron chi connectivity index (χ3n) is 4.68. The summed E-state index contributed by atoms with van der Waals surface area (Å²) in [6.07, 6.45) is 1.37. The molecule has 30 heavy (non-hydrogen) atoms. The van der Waals surface area contributed by atoms with E-state index in [0.29, 0.717) is 27.5 Å². The van der Waals surface area contributed by atoms with E-state index < -0.39 is 9.73 Å². The maximum Gasteiger partial charge on any atom is 0.223 e. The molecule has 148 valence electrons. The number of benzene rings is 2. The van der Waals surface area contributed by atoms with Crippen LogP contribution < -0.4 is 0 Å². The highest BCUT2D eigenvalue weighted by Gasteiger charge is 2.19. The quantitative estimate of drug-likeness (QED) is 0.516. The van der Waals surface area contributed by atoms with Crippen LogP contribution in [0, 0.1) is 23.0 Å². The van der Waals surface area contributed by atoms with Crippen molar-refractivity contribution in [2.45, 2.75) is 16.7 Å². The molecule has 0 amide bonds. The molecule has 4 aromatic rings. The van der Waals surface area contributed by atoms with Gasteiger partial charge in [0.15, 0.2) is 5.82 Å². The summed E-state index contributed by atoms with van der Waals surface area (Å²) in [5.74, 6) is 0.245. The van der Waals surface area contributed by atoms with E-state index in [4.69, 9.17) is 10.0 Å². The third kappa shape index (κ3) is 3.32. The summed E-state index contributed by atoms with van der Waals surface area (Å²) in [5, 5.41) is 24.1. The Balaban J connectivity index is 1.71. The molecule has 0 aliphatic carbocycles. The van der Waals surface area contributed by atoms with Crippen molar-refractivity contribution in [2.75, 3.05) is 0 Å². The Morgan fingerprint density at radius 2 is 1.73 bits per heavy atom. The van der Waals surface area contributed by atoms with Crippen molar-refractivity contribution < 1.29 is 9.32 Å². The molecule has 2 heterocycles. The topological polar surface area (TPSA) is 116 Å². The summed E-state index contributed by atoms with van der Waals surface area (Å²) in [7, 11) is -3.18. The van der Waals surface area contributed by atoms with Gasteiger partial charge in [-0.2, -0.15) is 15.0 Å². The molecule has 2 aromatic heterocycles. The molecule has 1 atom stereocenters. The molecule has 7 nitrogen and oxygen atoms in total. The molecule has 2 aromatic carbocycles. The van der Waals surface area contributed by atoms with Crippen molar-refractivity contribution in [2.24, 2.45) is 0 Å². The molecular formula is C22H17N5O2S. The third-order valence-corrected chi connectivity index (χ3v) is 6.52. The predicted molar refractivity (Wildman–Crippen MR) is 112 cm³/mol. The lowest BCUT2D eigenvalue weighted by Crippen LogP contribution is -2.03. The zero-order valence-electron chi connectivity index (χ0n) is 16.0. The molecule has 0 radical (unpaired) electrons. The van der Waals surface area contributed by atoms with E-state index in [2.05, 4.69) is 16.2 Å². The van der Waals surface area contributed by atoms with Crippen LogP contribution in [-0.2, 0) is 9.73 Å². The van der Waals surface area contributed by atoms with Crippen molar-refractivity contribution in [3.05, 3.63) is 84.2 Å². The number of nitrogens with zero attached hydrogens (tertiary/aromatic N) is 4. The molecule has 0 spiro atoms. The number of hydrogen-bond acceptors (Lipinski definition) is 6. The smallest absolute Gasteiger partial charge is 0.223 e. The van der Waals surface area contributed by atoms with E-state index in [9.17, 15) is 9.32 Å². The Hall–Kier alpha value is -3.96. The van der Waals surface area contributed by atoms with Gasteiger partial charge in [0.05, 0.1) is 32.7 Å². The summed E-state index contributed by atoms with van der Waals surface area (Å²) >= 11 is 0. The fourth-order valence-corrected chi connectivity index (χ4v) is 4.41. The number of rotatable bonds is 4. The van der Waals surface area contributed by atoms with Crippen LogP contribution in [0.25, 0.3) is 16.9 Å². The highest BCUT2D eigenvalue weighted by atomic mass is 32.2. The van der Waals surface area contributed by atoms with Crippen LogP contribution in [0.4, 0.5) is 0 Å². The van der Waals surface area contributed by atoms with Crippen LogP contribution in [0.2, 0.25) is 0 Å². The van der Waals surface area contributed by atoms with E-state index >= 15 is 0 Å². The number of nitriles is 1. The van der Waals surface area contributed by atoms with Gasteiger partial charge < -0.3 is 5.11 Å². The fraction of sp³-hybridized carbons (Fsp3) is 0.0455. The maximum atomic E-state index is 12.9. The standard InChI is InChI=1S/C22H17N5O2S/c1-15-21(17-9-7-16(13-23)8-10-17)22(28)27(26-15)20-12-11-19(14-25-20)30(24,29)18-5-3-2-4-6-18/h2-12,14,24,28H,1H3. The first-order chi connectivity index (χ1) is 14.4. The van der Waals surface area contributed by atoms with Crippen LogP contribution in [0.3, 0.4) is 0 Å². The number of aryl methyl sites for hydroxylation is 1. The van der Waals surface area contributed by atoms with Crippen LogP contribution in [0.5, 0.6) is 5.88 Å². The summed E-state index contributed by atoms with van der Waals surface area (Å²) in [6.45, 7) is 1.77. The van der Waals surface area contributed by atoms with Gasteiger partial charge >= 0.3 is 0 Å². The monoisotopic (exact) mass is 415 g/mol. The van der Waals surface area contributed by atoms with E-state index in [0.717, 1.165) is 5.56 Å². The first kappa shape index (κ1) is 19.4. The SMILES string of the molecule is Cc1nn(-c2ccc(S(=N)(=O)c3ccccc3)cn2)c(O)c1-c1ccc(C#N)cc1. The first-order valence-electron chi connectivity index (χ1n) is 9.01. The molecule has 0 saturated heterocycles. The maximum absolute atomic E-state index is 12.9. The molecule has 0 bridgehead atoms. The lowest BCUT2D eigenvalue weighted by atomic mass is 10.0. The van der Waals surface area contributed by atoms with Crippen molar-refractivity contribution in [3.8, 4) is 28.9 Å². The van der Waals surface area contributed by atoms with Crippen LogP contribution in [0.15, 0.2) is 82.7 Å². The van der Waals surface area contributed by atoms with E-state index in [1.807, 2.05) is 0 Å². The fourth-order valence-electron chi connectivity index (χ4n) is 3.14. The van der Waals surface area contributed by atoms with E-state index in [1.54, 1.807) is 73.7 Å². The number of nitrogens with one attached hydrogen (secondary N) is 1. The second-order valence-corrected chi connectivity index (χ2v) is 8.66. The molecule has 8 heteroatoms. The Bertz CT molecular complexity index is 1350. The molecule has 4 rings (SSSR count). The highest BCUT2D eigenvalue weighted by molar-refractivity contribution is 7.92. The van der Waals surface area contributed by atoms with Gasteiger partial charge in [-0.05, 0) is 48.9 Å². The van der Waals surface area contributed by atoms with Crippen molar-refractivity contribution in [1.82, 2.24) is 14.8 Å². The average Bonchev–Trinajstić information content (AvgIpc) is 3.08. The summed E-state index contributed by atoms with van der Waals surface area (Å²) in [5.41, 5.74) is 2.39. The molecular weight excluding hydrogens is 398 g/mol. The van der Waals surface area contributed by atoms with Crippen LogP contribution >= 0.6 is 0 Å². The zero-order chi connectivity index (χ0) is 21.3. The number of aromatic nitrogens is 3. The average molecular weight is 415 g/mol. The molecule has 0 saturated carbocycles. The lowest BCUT2D eigenvalue weighted by molar-refractivity contribution is 0.433. The van der Waals surface area contributed by atoms with E-state index in [-0.39, 0.29) is 10.8 Å². The predicted octanol–water partition coefficient (Wildman–Crippen LogP) is 4.28. The number of pyridine rings is 1. The minimum absolute atomic E-state index is 0.0906. The Morgan fingerprint density at radius 3 is 2.33 bits per heavy atom.